The fourth-order valence-electron chi connectivity index (χ4n) is 2.25. The van der Waals surface area contributed by atoms with Gasteiger partial charge in [-0.3, -0.25) is 9.59 Å². The average Bonchev–Trinajstić information content (AvgIpc) is 3.25. The molecule has 1 amide bonds. The first kappa shape index (κ1) is 16.9. The Balaban J connectivity index is 1.85. The molecule has 1 aliphatic carbocycles. The summed E-state index contributed by atoms with van der Waals surface area (Å²) in [5, 5.41) is 12.9. The molecule has 1 heterocycles. The Morgan fingerprint density at radius 3 is 2.64 bits per heavy atom. The van der Waals surface area contributed by atoms with Crippen LogP contribution in [-0.4, -0.2) is 45.4 Å². The highest BCUT2D eigenvalue weighted by molar-refractivity contribution is 7.99. The fraction of sp³-hybridized carbons (Fsp3) is 0.667. The molecule has 1 aromatic heterocycles. The van der Waals surface area contributed by atoms with Gasteiger partial charge in [0.05, 0.1) is 17.4 Å². The van der Waals surface area contributed by atoms with Crippen molar-refractivity contribution in [3.63, 3.8) is 0 Å². The van der Waals surface area contributed by atoms with Crippen LogP contribution in [0, 0.1) is 19.8 Å². The normalized spacial score (nSPS) is 15.6. The predicted octanol–water partition coefficient (Wildman–Crippen LogP) is 2.24. The number of carboxylic acid groups (broad SMARTS) is 1. The number of rotatable bonds is 8. The quantitative estimate of drug-likeness (QED) is 0.789. The molecule has 1 saturated carbocycles. The van der Waals surface area contributed by atoms with Crippen LogP contribution in [0.3, 0.4) is 0 Å². The molecule has 1 aliphatic rings. The molecule has 1 N–H and O–H groups in total. The molecule has 1 unspecified atom stereocenters. The van der Waals surface area contributed by atoms with E-state index in [2.05, 4.69) is 5.16 Å². The second kappa shape index (κ2) is 7.17. The number of amides is 1. The summed E-state index contributed by atoms with van der Waals surface area (Å²) < 4.78 is 5.10. The first-order chi connectivity index (χ1) is 10.4. The van der Waals surface area contributed by atoms with Gasteiger partial charge in [-0.25, -0.2) is 0 Å². The molecular formula is C15H22N2O4S. The number of hydrogen-bond donors (Lipinski definition) is 1. The molecular weight excluding hydrogens is 304 g/mol. The van der Waals surface area contributed by atoms with Crippen molar-refractivity contribution >= 4 is 23.6 Å². The van der Waals surface area contributed by atoms with E-state index in [0.717, 1.165) is 29.9 Å². The lowest BCUT2D eigenvalue weighted by molar-refractivity contribution is -0.142. The van der Waals surface area contributed by atoms with E-state index in [1.165, 1.54) is 11.8 Å². The lowest BCUT2D eigenvalue weighted by Crippen LogP contribution is -2.39. The Bertz CT molecular complexity index is 534. The minimum atomic E-state index is -0.859. The van der Waals surface area contributed by atoms with Crippen molar-refractivity contribution in [3.05, 3.63) is 17.0 Å². The van der Waals surface area contributed by atoms with E-state index >= 15 is 0 Å². The van der Waals surface area contributed by atoms with E-state index in [4.69, 9.17) is 9.63 Å². The van der Waals surface area contributed by atoms with E-state index in [-0.39, 0.29) is 11.9 Å². The van der Waals surface area contributed by atoms with Crippen molar-refractivity contribution in [2.45, 2.75) is 45.4 Å². The van der Waals surface area contributed by atoms with Crippen LogP contribution in [0.15, 0.2) is 4.52 Å². The zero-order valence-corrected chi connectivity index (χ0v) is 14.0. The molecule has 0 bridgehead atoms. The van der Waals surface area contributed by atoms with Crippen LogP contribution in [-0.2, 0) is 15.3 Å². The van der Waals surface area contributed by atoms with Gasteiger partial charge in [-0.15, -0.1) is 11.8 Å². The van der Waals surface area contributed by atoms with Crippen molar-refractivity contribution in [2.24, 2.45) is 5.92 Å². The third-order valence-electron chi connectivity index (χ3n) is 3.85. The number of hydrogen-bond acceptors (Lipinski definition) is 5. The molecule has 0 radical (unpaired) electrons. The molecule has 122 valence electrons. The highest BCUT2D eigenvalue weighted by Crippen LogP contribution is 2.29. The first-order valence-corrected chi connectivity index (χ1v) is 8.57. The number of nitrogens with zero attached hydrogens (tertiary/aromatic N) is 2. The van der Waals surface area contributed by atoms with Crippen LogP contribution < -0.4 is 0 Å². The van der Waals surface area contributed by atoms with Gasteiger partial charge in [-0.1, -0.05) is 12.1 Å². The van der Waals surface area contributed by atoms with Gasteiger partial charge in [0.1, 0.15) is 5.76 Å². The lowest BCUT2D eigenvalue weighted by atomic mass is 10.1. The van der Waals surface area contributed by atoms with E-state index in [1.54, 1.807) is 11.8 Å². The average molecular weight is 326 g/mol. The second-order valence-electron chi connectivity index (χ2n) is 5.81. The number of carbonyl (C=O) groups is 2. The molecule has 1 atom stereocenters. The van der Waals surface area contributed by atoms with E-state index in [9.17, 15) is 9.59 Å². The van der Waals surface area contributed by atoms with Crippen LogP contribution in [0.4, 0.5) is 0 Å². The Kier molecular flexibility index (Phi) is 5.50. The Hall–Kier alpha value is -1.50. The van der Waals surface area contributed by atoms with Crippen LogP contribution in [0.1, 0.15) is 36.8 Å². The molecule has 0 spiro atoms. The van der Waals surface area contributed by atoms with Gasteiger partial charge in [0.15, 0.2) is 0 Å². The zero-order valence-electron chi connectivity index (χ0n) is 13.2. The van der Waals surface area contributed by atoms with Gasteiger partial charge >= 0.3 is 5.97 Å². The lowest BCUT2D eigenvalue weighted by Gasteiger charge is -2.24. The summed E-state index contributed by atoms with van der Waals surface area (Å²) in [4.78, 5) is 25.1. The molecule has 2 rings (SSSR count). The number of thioether (sulfide) groups is 1. The van der Waals surface area contributed by atoms with Gasteiger partial charge in [0.2, 0.25) is 5.91 Å². The molecule has 0 aromatic carbocycles. The van der Waals surface area contributed by atoms with Crippen molar-refractivity contribution in [2.75, 3.05) is 12.3 Å². The van der Waals surface area contributed by atoms with Crippen LogP contribution in [0.5, 0.6) is 0 Å². The smallest absolute Gasteiger partial charge is 0.308 e. The fourth-order valence-corrected chi connectivity index (χ4v) is 3.30. The van der Waals surface area contributed by atoms with Gasteiger partial charge in [0, 0.05) is 23.9 Å². The highest BCUT2D eigenvalue weighted by Gasteiger charge is 2.34. The summed E-state index contributed by atoms with van der Waals surface area (Å²) >= 11 is 1.52. The monoisotopic (exact) mass is 326 g/mol. The third-order valence-corrected chi connectivity index (χ3v) is 4.80. The highest BCUT2D eigenvalue weighted by atomic mass is 32.2. The number of carbonyl (C=O) groups excluding carboxylic acids is 1. The Morgan fingerprint density at radius 1 is 1.45 bits per heavy atom. The summed E-state index contributed by atoms with van der Waals surface area (Å²) in [5.74, 6) is 0.453. The largest absolute Gasteiger partial charge is 0.481 e. The maximum atomic E-state index is 12.4. The molecule has 1 aromatic rings. The van der Waals surface area contributed by atoms with Crippen LogP contribution in [0.2, 0.25) is 0 Å². The SMILES string of the molecule is Cc1noc(C)c1CSCC(=O)N(CC(C)C(=O)O)C1CC1. The predicted molar refractivity (Wildman–Crippen MR) is 83.7 cm³/mol. The van der Waals surface area contributed by atoms with Crippen molar-refractivity contribution in [1.29, 1.82) is 0 Å². The first-order valence-electron chi connectivity index (χ1n) is 7.42. The van der Waals surface area contributed by atoms with Gasteiger partial charge in [0.25, 0.3) is 0 Å². The van der Waals surface area contributed by atoms with E-state index in [0.29, 0.717) is 18.1 Å². The minimum absolute atomic E-state index is 0.0207. The minimum Gasteiger partial charge on any atom is -0.481 e. The number of aromatic nitrogens is 1. The van der Waals surface area contributed by atoms with E-state index in [1.807, 2.05) is 13.8 Å². The Morgan fingerprint density at radius 2 is 2.14 bits per heavy atom. The summed E-state index contributed by atoms with van der Waals surface area (Å²) in [7, 11) is 0. The number of aliphatic carboxylic acids is 1. The van der Waals surface area contributed by atoms with Gasteiger partial charge in [-0.05, 0) is 26.7 Å². The maximum Gasteiger partial charge on any atom is 0.308 e. The zero-order chi connectivity index (χ0) is 16.3. The number of carboxylic acids is 1. The summed E-state index contributed by atoms with van der Waals surface area (Å²) in [6, 6.07) is 0.231. The van der Waals surface area contributed by atoms with Crippen LogP contribution >= 0.6 is 11.8 Å². The van der Waals surface area contributed by atoms with E-state index < -0.39 is 11.9 Å². The molecule has 7 heteroatoms. The Labute approximate surface area is 134 Å². The van der Waals surface area contributed by atoms with Crippen molar-refractivity contribution in [3.8, 4) is 0 Å². The summed E-state index contributed by atoms with van der Waals surface area (Å²) in [5.41, 5.74) is 1.89. The topological polar surface area (TPSA) is 83.6 Å². The molecule has 6 nitrogen and oxygen atoms in total. The second-order valence-corrected chi connectivity index (χ2v) is 6.80. The van der Waals surface area contributed by atoms with Crippen molar-refractivity contribution < 1.29 is 19.2 Å². The molecule has 0 saturated heterocycles. The van der Waals surface area contributed by atoms with Crippen LogP contribution in [0.25, 0.3) is 0 Å². The third kappa shape index (κ3) is 4.25. The molecule has 1 fully saturated rings. The maximum absolute atomic E-state index is 12.4. The standard InChI is InChI=1S/C15H22N2O4S/c1-9(15(19)20)6-17(12-4-5-12)14(18)8-22-7-13-10(2)16-21-11(13)3/h9,12H,4-8H2,1-3H3,(H,19,20). The molecule has 0 aliphatic heterocycles. The molecule has 22 heavy (non-hydrogen) atoms. The van der Waals surface area contributed by atoms with Gasteiger partial charge < -0.3 is 14.5 Å². The summed E-state index contributed by atoms with van der Waals surface area (Å²) in [6.45, 7) is 5.69. The summed E-state index contributed by atoms with van der Waals surface area (Å²) in [6.07, 6.45) is 1.96. The van der Waals surface area contributed by atoms with Gasteiger partial charge in [-0.2, -0.15) is 0 Å². The van der Waals surface area contributed by atoms with Crippen molar-refractivity contribution in [1.82, 2.24) is 10.1 Å². The number of aryl methyl sites for hydroxylation is 2.